The molecule has 0 fully saturated rings. The van der Waals surface area contributed by atoms with E-state index in [0.29, 0.717) is 22.3 Å². The average Bonchev–Trinajstić information content (AvgIpc) is 2.98. The molecule has 3 aromatic rings. The van der Waals surface area contributed by atoms with Crippen LogP contribution in [0.3, 0.4) is 0 Å². The molecule has 0 spiro atoms. The van der Waals surface area contributed by atoms with Crippen molar-refractivity contribution in [3.63, 3.8) is 0 Å². The van der Waals surface area contributed by atoms with Gasteiger partial charge in [-0.3, -0.25) is 14.9 Å². The Labute approximate surface area is 166 Å². The first-order valence-corrected chi connectivity index (χ1v) is 8.99. The summed E-state index contributed by atoms with van der Waals surface area (Å²) >= 11 is 5.48. The molecule has 144 valence electrons. The van der Waals surface area contributed by atoms with E-state index in [1.807, 2.05) is 30.3 Å². The molecule has 0 aliphatic heterocycles. The predicted molar refractivity (Wildman–Crippen MR) is 109 cm³/mol. The third-order valence-corrected chi connectivity index (χ3v) is 4.08. The van der Waals surface area contributed by atoms with E-state index in [1.165, 1.54) is 0 Å². The van der Waals surface area contributed by atoms with Gasteiger partial charge in [0.2, 0.25) is 5.78 Å². The van der Waals surface area contributed by atoms with E-state index in [-0.39, 0.29) is 5.56 Å². The first kappa shape index (κ1) is 19.6. The van der Waals surface area contributed by atoms with E-state index in [0.717, 1.165) is 5.56 Å². The summed E-state index contributed by atoms with van der Waals surface area (Å²) in [6.45, 7) is 5.28. The highest BCUT2D eigenvalue weighted by atomic mass is 35.5. The van der Waals surface area contributed by atoms with Crippen LogP contribution in [0.25, 0.3) is 22.2 Å². The number of aromatic amines is 1. The van der Waals surface area contributed by atoms with Crippen LogP contribution >= 0.6 is 11.6 Å². The number of anilines is 1. The Hall–Kier alpha value is -3.12. The molecular weight excluding hydrogens is 380 g/mol. The van der Waals surface area contributed by atoms with Crippen LogP contribution in [0.2, 0.25) is 0 Å². The fourth-order valence-corrected chi connectivity index (χ4v) is 2.94. The van der Waals surface area contributed by atoms with Crippen molar-refractivity contribution >= 4 is 45.3 Å². The van der Waals surface area contributed by atoms with Gasteiger partial charge in [0.05, 0.1) is 11.3 Å². The SMILES string of the molecule is CC(C)(C)OC(=O)Nc1ccc2[nH]c(-c3ccccc3)c(C(=O)C(=O)Cl)c2c1. The molecule has 7 heteroatoms. The summed E-state index contributed by atoms with van der Waals surface area (Å²) in [5, 5.41) is 2.03. The van der Waals surface area contributed by atoms with Crippen LogP contribution in [-0.2, 0) is 9.53 Å². The molecule has 0 radical (unpaired) electrons. The van der Waals surface area contributed by atoms with Crippen LogP contribution in [0.5, 0.6) is 0 Å². The van der Waals surface area contributed by atoms with E-state index in [4.69, 9.17) is 16.3 Å². The third kappa shape index (κ3) is 4.23. The number of carbonyl (C=O) groups excluding carboxylic acids is 3. The van der Waals surface area contributed by atoms with Crippen molar-refractivity contribution in [2.45, 2.75) is 26.4 Å². The summed E-state index contributed by atoms with van der Waals surface area (Å²) in [4.78, 5) is 39.3. The maximum Gasteiger partial charge on any atom is 0.412 e. The fourth-order valence-electron chi connectivity index (χ4n) is 2.85. The zero-order chi connectivity index (χ0) is 20.5. The van der Waals surface area contributed by atoms with Crippen LogP contribution in [-0.4, -0.2) is 27.7 Å². The monoisotopic (exact) mass is 398 g/mol. The van der Waals surface area contributed by atoms with E-state index in [1.54, 1.807) is 39.0 Å². The number of hydrogen-bond donors (Lipinski definition) is 2. The lowest BCUT2D eigenvalue weighted by molar-refractivity contribution is -0.108. The van der Waals surface area contributed by atoms with Crippen LogP contribution in [0, 0.1) is 0 Å². The van der Waals surface area contributed by atoms with Crippen molar-refractivity contribution in [3.8, 4) is 11.3 Å². The number of fused-ring (bicyclic) bond motifs is 1. The normalized spacial score (nSPS) is 11.3. The van der Waals surface area contributed by atoms with Gasteiger partial charge < -0.3 is 9.72 Å². The Morgan fingerprint density at radius 2 is 1.71 bits per heavy atom. The molecule has 1 heterocycles. The number of carbonyl (C=O) groups is 3. The topological polar surface area (TPSA) is 88.3 Å². The Morgan fingerprint density at radius 1 is 1.04 bits per heavy atom. The highest BCUT2D eigenvalue weighted by molar-refractivity contribution is 6.83. The van der Waals surface area contributed by atoms with E-state index in [2.05, 4.69) is 10.3 Å². The molecule has 0 bridgehead atoms. The number of hydrogen-bond acceptors (Lipinski definition) is 4. The van der Waals surface area contributed by atoms with Gasteiger partial charge in [-0.1, -0.05) is 30.3 Å². The van der Waals surface area contributed by atoms with Crippen molar-refractivity contribution in [1.82, 2.24) is 4.98 Å². The number of halogens is 1. The number of aromatic nitrogens is 1. The van der Waals surface area contributed by atoms with Gasteiger partial charge in [-0.05, 0) is 56.1 Å². The first-order valence-electron chi connectivity index (χ1n) is 8.61. The number of benzene rings is 2. The third-order valence-electron chi connectivity index (χ3n) is 3.91. The molecule has 0 atom stereocenters. The van der Waals surface area contributed by atoms with Crippen molar-refractivity contribution in [2.75, 3.05) is 5.32 Å². The molecule has 1 aromatic heterocycles. The van der Waals surface area contributed by atoms with Crippen molar-refractivity contribution < 1.29 is 19.1 Å². The first-order chi connectivity index (χ1) is 13.2. The molecular formula is C21H19ClN2O4. The van der Waals surface area contributed by atoms with Gasteiger partial charge in [0.15, 0.2) is 0 Å². The van der Waals surface area contributed by atoms with Crippen LogP contribution in [0.4, 0.5) is 10.5 Å². The molecule has 2 aromatic carbocycles. The number of H-pyrrole nitrogens is 1. The van der Waals surface area contributed by atoms with E-state index < -0.39 is 22.7 Å². The molecule has 3 rings (SSSR count). The van der Waals surface area contributed by atoms with Gasteiger partial charge in [0, 0.05) is 16.6 Å². The molecule has 6 nitrogen and oxygen atoms in total. The standard InChI is InChI=1S/C21H19ClN2O4/c1-21(2,3)28-20(27)23-13-9-10-15-14(11-13)16(18(25)19(22)26)17(24-15)12-7-5-4-6-8-12/h4-11,24H,1-3H3,(H,23,27). The molecule has 0 aliphatic rings. The molecule has 0 saturated heterocycles. The minimum Gasteiger partial charge on any atom is -0.444 e. The number of ether oxygens (including phenoxy) is 1. The highest BCUT2D eigenvalue weighted by Gasteiger charge is 2.24. The molecule has 0 aliphatic carbocycles. The lowest BCUT2D eigenvalue weighted by atomic mass is 10.0. The Kier molecular flexibility index (Phi) is 5.25. The number of amides is 1. The highest BCUT2D eigenvalue weighted by Crippen LogP contribution is 2.33. The minimum absolute atomic E-state index is 0.161. The number of Topliss-reactive ketones (excluding diaryl/α,β-unsaturated/α-hetero) is 1. The summed E-state index contributed by atoms with van der Waals surface area (Å²) in [5.41, 5.74) is 1.81. The van der Waals surface area contributed by atoms with Gasteiger partial charge in [0.25, 0.3) is 5.24 Å². The Balaban J connectivity index is 2.09. The van der Waals surface area contributed by atoms with Crippen LogP contribution in [0.1, 0.15) is 31.1 Å². The van der Waals surface area contributed by atoms with E-state index >= 15 is 0 Å². The van der Waals surface area contributed by atoms with Crippen molar-refractivity contribution in [3.05, 3.63) is 54.1 Å². The van der Waals surface area contributed by atoms with Gasteiger partial charge in [-0.2, -0.15) is 0 Å². The number of ketones is 1. The largest absolute Gasteiger partial charge is 0.444 e. The molecule has 0 saturated carbocycles. The summed E-state index contributed by atoms with van der Waals surface area (Å²) in [7, 11) is 0. The van der Waals surface area contributed by atoms with Crippen LogP contribution < -0.4 is 5.32 Å². The summed E-state index contributed by atoms with van der Waals surface area (Å²) in [6, 6.07) is 14.1. The fraction of sp³-hybridized carbons (Fsp3) is 0.190. The van der Waals surface area contributed by atoms with Gasteiger partial charge in [-0.15, -0.1) is 0 Å². The average molecular weight is 399 g/mol. The molecule has 0 unspecified atom stereocenters. The minimum atomic E-state index is -1.08. The lowest BCUT2D eigenvalue weighted by Gasteiger charge is -2.19. The molecule has 28 heavy (non-hydrogen) atoms. The zero-order valence-corrected chi connectivity index (χ0v) is 16.4. The Morgan fingerprint density at radius 3 is 2.32 bits per heavy atom. The summed E-state index contributed by atoms with van der Waals surface area (Å²) < 4.78 is 5.24. The lowest BCUT2D eigenvalue weighted by Crippen LogP contribution is -2.27. The summed E-state index contributed by atoms with van der Waals surface area (Å²) in [5.74, 6) is -0.818. The smallest absolute Gasteiger partial charge is 0.412 e. The van der Waals surface area contributed by atoms with Gasteiger partial charge >= 0.3 is 6.09 Å². The second kappa shape index (κ2) is 7.48. The number of rotatable bonds is 4. The zero-order valence-electron chi connectivity index (χ0n) is 15.6. The number of nitrogens with one attached hydrogen (secondary N) is 2. The Bertz CT molecular complexity index is 1070. The molecule has 1 amide bonds. The second-order valence-corrected chi connectivity index (χ2v) is 7.57. The van der Waals surface area contributed by atoms with Gasteiger partial charge in [0.1, 0.15) is 5.60 Å². The molecule has 2 N–H and O–H groups in total. The van der Waals surface area contributed by atoms with Crippen LogP contribution in [0.15, 0.2) is 48.5 Å². The maximum absolute atomic E-state index is 12.5. The van der Waals surface area contributed by atoms with Crippen molar-refractivity contribution in [2.24, 2.45) is 0 Å². The van der Waals surface area contributed by atoms with Crippen molar-refractivity contribution in [1.29, 1.82) is 0 Å². The quantitative estimate of drug-likeness (QED) is 0.362. The summed E-state index contributed by atoms with van der Waals surface area (Å²) in [6.07, 6.45) is -0.619. The van der Waals surface area contributed by atoms with E-state index in [9.17, 15) is 14.4 Å². The second-order valence-electron chi connectivity index (χ2n) is 7.23. The predicted octanol–water partition coefficient (Wildman–Crippen LogP) is 5.13. The maximum atomic E-state index is 12.5. The van der Waals surface area contributed by atoms with Gasteiger partial charge in [-0.25, -0.2) is 4.79 Å².